The predicted octanol–water partition coefficient (Wildman–Crippen LogP) is 4.66. The lowest BCUT2D eigenvalue weighted by molar-refractivity contribution is 0.00559. The van der Waals surface area contributed by atoms with E-state index < -0.39 is 5.60 Å². The van der Waals surface area contributed by atoms with Crippen LogP contribution < -0.4 is 14.4 Å². The number of benzene rings is 1. The van der Waals surface area contributed by atoms with Crippen LogP contribution in [0.15, 0.2) is 36.7 Å². The summed E-state index contributed by atoms with van der Waals surface area (Å²) in [5.41, 5.74) is 2.93. The number of hydrogen-bond donors (Lipinski definition) is 0. The van der Waals surface area contributed by atoms with Gasteiger partial charge >= 0.3 is 6.09 Å². The number of rotatable bonds is 6. The molecule has 0 spiro atoms. The second kappa shape index (κ2) is 10.8. The Morgan fingerprint density at radius 3 is 2.54 bits per heavy atom. The maximum Gasteiger partial charge on any atom is 0.410 e. The summed E-state index contributed by atoms with van der Waals surface area (Å²) in [5, 5.41) is 13.6. The molecule has 3 aliphatic heterocycles. The standard InChI is InChI=1S/C30H38N6O5/c1-30(2,3)41-29(37)36-21-7-8-22(36)14-23(13-21)35-10-11-39-27-15-25(32-33-28(27)35)24-9-6-19(12-26(24)40-18-38-5)20-16-31-34(4)17-20/h6,9,12,15-17,21-23H,7-8,10-11,13-14,18H2,1-5H3. The van der Waals surface area contributed by atoms with E-state index in [1.54, 1.807) is 11.8 Å². The largest absolute Gasteiger partial charge is 0.488 e. The molecule has 11 heteroatoms. The molecule has 3 aliphatic rings. The van der Waals surface area contributed by atoms with Crippen molar-refractivity contribution in [2.24, 2.45) is 7.05 Å². The number of carbonyl (C=O) groups excluding carboxylic acids is 1. The molecule has 218 valence electrons. The Hall–Kier alpha value is -3.86. The first kappa shape index (κ1) is 27.3. The van der Waals surface area contributed by atoms with E-state index in [1.165, 1.54) is 0 Å². The van der Waals surface area contributed by atoms with E-state index in [9.17, 15) is 4.79 Å². The van der Waals surface area contributed by atoms with Gasteiger partial charge in [0.05, 0.1) is 12.7 Å². The zero-order valence-corrected chi connectivity index (χ0v) is 24.4. The van der Waals surface area contributed by atoms with Crippen LogP contribution in [-0.2, 0) is 16.5 Å². The zero-order chi connectivity index (χ0) is 28.7. The summed E-state index contributed by atoms with van der Waals surface area (Å²) in [7, 11) is 3.48. The maximum atomic E-state index is 12.9. The van der Waals surface area contributed by atoms with Gasteiger partial charge in [-0.05, 0) is 64.2 Å². The highest BCUT2D eigenvalue weighted by molar-refractivity contribution is 5.76. The number of anilines is 1. The maximum absolute atomic E-state index is 12.9. The molecule has 2 unspecified atom stereocenters. The molecule has 2 bridgehead atoms. The van der Waals surface area contributed by atoms with Crippen LogP contribution in [0.25, 0.3) is 22.4 Å². The highest BCUT2D eigenvalue weighted by Crippen LogP contribution is 2.43. The number of piperidine rings is 1. The highest BCUT2D eigenvalue weighted by atomic mass is 16.7. The molecule has 2 saturated heterocycles. The van der Waals surface area contributed by atoms with Gasteiger partial charge in [0, 0.05) is 55.7 Å². The van der Waals surface area contributed by atoms with Crippen molar-refractivity contribution in [1.82, 2.24) is 24.9 Å². The van der Waals surface area contributed by atoms with Crippen molar-refractivity contribution in [3.05, 3.63) is 36.7 Å². The molecule has 2 atom stereocenters. The Balaban J connectivity index is 1.24. The summed E-state index contributed by atoms with van der Waals surface area (Å²) in [6.45, 7) is 7.15. The van der Waals surface area contributed by atoms with Gasteiger partial charge in [0.15, 0.2) is 18.4 Å². The Bertz CT molecular complexity index is 1400. The minimum Gasteiger partial charge on any atom is -0.488 e. The number of carbonyl (C=O) groups is 1. The van der Waals surface area contributed by atoms with Gasteiger partial charge in [0.25, 0.3) is 0 Å². The molecule has 6 rings (SSSR count). The Kier molecular flexibility index (Phi) is 7.23. The fourth-order valence-electron chi connectivity index (χ4n) is 6.26. The first-order valence-corrected chi connectivity index (χ1v) is 14.2. The van der Waals surface area contributed by atoms with Crippen molar-refractivity contribution < 1.29 is 23.7 Å². The van der Waals surface area contributed by atoms with E-state index in [1.807, 2.05) is 69.4 Å². The third-order valence-corrected chi connectivity index (χ3v) is 7.98. The van der Waals surface area contributed by atoms with E-state index in [0.29, 0.717) is 23.8 Å². The average Bonchev–Trinajstić information content (AvgIpc) is 3.50. The van der Waals surface area contributed by atoms with Crippen LogP contribution in [0.5, 0.6) is 11.5 Å². The number of ether oxygens (including phenoxy) is 4. The number of aromatic nitrogens is 4. The van der Waals surface area contributed by atoms with E-state index in [-0.39, 0.29) is 31.0 Å². The van der Waals surface area contributed by atoms with Gasteiger partial charge in [0.1, 0.15) is 23.7 Å². The lowest BCUT2D eigenvalue weighted by Crippen LogP contribution is -2.55. The fourth-order valence-corrected chi connectivity index (χ4v) is 6.26. The minimum absolute atomic E-state index is 0.108. The van der Waals surface area contributed by atoms with Gasteiger partial charge in [-0.25, -0.2) is 4.79 Å². The van der Waals surface area contributed by atoms with Gasteiger partial charge in [-0.15, -0.1) is 10.2 Å². The molecule has 2 fully saturated rings. The minimum atomic E-state index is -0.503. The van der Waals surface area contributed by atoms with Crippen molar-refractivity contribution in [1.29, 1.82) is 0 Å². The number of aryl methyl sites for hydroxylation is 1. The first-order chi connectivity index (χ1) is 19.7. The molecule has 5 heterocycles. The summed E-state index contributed by atoms with van der Waals surface area (Å²) in [5.74, 6) is 2.10. The smallest absolute Gasteiger partial charge is 0.410 e. The number of fused-ring (bicyclic) bond motifs is 3. The average molecular weight is 563 g/mol. The molecule has 0 aliphatic carbocycles. The van der Waals surface area contributed by atoms with Gasteiger partial charge in [-0.1, -0.05) is 6.07 Å². The molecule has 0 saturated carbocycles. The summed E-state index contributed by atoms with van der Waals surface area (Å²) >= 11 is 0. The van der Waals surface area contributed by atoms with Crippen molar-refractivity contribution in [2.75, 3.05) is 32.0 Å². The number of methoxy groups -OCH3 is 1. The van der Waals surface area contributed by atoms with Gasteiger partial charge in [0.2, 0.25) is 0 Å². The zero-order valence-electron chi connectivity index (χ0n) is 24.4. The molecule has 3 aromatic rings. The first-order valence-electron chi connectivity index (χ1n) is 14.2. The summed E-state index contributed by atoms with van der Waals surface area (Å²) in [6, 6.07) is 8.51. The second-order valence-corrected chi connectivity index (χ2v) is 12.0. The monoisotopic (exact) mass is 562 g/mol. The Morgan fingerprint density at radius 2 is 1.85 bits per heavy atom. The molecule has 11 nitrogen and oxygen atoms in total. The van der Waals surface area contributed by atoms with Crippen LogP contribution in [0.3, 0.4) is 0 Å². The van der Waals surface area contributed by atoms with Crippen LogP contribution in [-0.4, -0.2) is 81.8 Å². The Morgan fingerprint density at radius 1 is 1.07 bits per heavy atom. The van der Waals surface area contributed by atoms with E-state index >= 15 is 0 Å². The number of nitrogens with zero attached hydrogens (tertiary/aromatic N) is 6. The Labute approximate surface area is 240 Å². The van der Waals surface area contributed by atoms with Crippen LogP contribution in [0.2, 0.25) is 0 Å². The summed E-state index contributed by atoms with van der Waals surface area (Å²) < 4.78 is 24.7. The van der Waals surface area contributed by atoms with Gasteiger partial charge < -0.3 is 28.7 Å². The molecule has 2 aromatic heterocycles. The predicted molar refractivity (Wildman–Crippen MR) is 153 cm³/mol. The third-order valence-electron chi connectivity index (χ3n) is 7.98. The van der Waals surface area contributed by atoms with Crippen LogP contribution in [0.4, 0.5) is 10.6 Å². The lowest BCUT2D eigenvalue weighted by Gasteiger charge is -2.44. The van der Waals surface area contributed by atoms with Crippen LogP contribution >= 0.6 is 0 Å². The van der Waals surface area contributed by atoms with Crippen molar-refractivity contribution in [3.63, 3.8) is 0 Å². The molecule has 0 N–H and O–H groups in total. The van der Waals surface area contributed by atoms with Crippen LogP contribution in [0, 0.1) is 0 Å². The molecule has 1 aromatic carbocycles. The van der Waals surface area contributed by atoms with Gasteiger partial charge in [-0.2, -0.15) is 5.10 Å². The van der Waals surface area contributed by atoms with Crippen molar-refractivity contribution in [2.45, 2.75) is 70.2 Å². The molecule has 0 radical (unpaired) electrons. The number of hydrogen-bond acceptors (Lipinski definition) is 9. The van der Waals surface area contributed by atoms with E-state index in [4.69, 9.17) is 18.9 Å². The third kappa shape index (κ3) is 5.55. The fraction of sp³-hybridized carbons (Fsp3) is 0.533. The SMILES string of the molecule is COCOc1cc(-c2cnn(C)c2)ccc1-c1cc2c(nn1)N(C1CC3CCC(C1)N3C(=O)OC(C)(C)C)CCO2. The summed E-state index contributed by atoms with van der Waals surface area (Å²) in [4.78, 5) is 17.3. The lowest BCUT2D eigenvalue weighted by atomic mass is 9.95. The highest BCUT2D eigenvalue weighted by Gasteiger charge is 2.47. The molecular weight excluding hydrogens is 524 g/mol. The molecule has 1 amide bonds. The topological polar surface area (TPSA) is 104 Å². The molecular formula is C30H38N6O5. The van der Waals surface area contributed by atoms with Crippen molar-refractivity contribution >= 4 is 11.9 Å². The van der Waals surface area contributed by atoms with E-state index in [0.717, 1.165) is 54.7 Å². The van der Waals surface area contributed by atoms with Crippen LogP contribution in [0.1, 0.15) is 46.5 Å². The van der Waals surface area contributed by atoms with E-state index in [2.05, 4.69) is 20.2 Å². The number of amides is 1. The van der Waals surface area contributed by atoms with Gasteiger partial charge in [-0.3, -0.25) is 4.68 Å². The normalized spacial score (nSPS) is 21.8. The van der Waals surface area contributed by atoms with Crippen molar-refractivity contribution in [3.8, 4) is 33.9 Å². The summed E-state index contributed by atoms with van der Waals surface area (Å²) in [6.07, 6.45) is 7.34. The second-order valence-electron chi connectivity index (χ2n) is 12.0. The quantitative estimate of drug-likeness (QED) is 0.397. The molecule has 41 heavy (non-hydrogen) atoms.